The van der Waals surface area contributed by atoms with Gasteiger partial charge in [0.1, 0.15) is 5.75 Å². The molecule has 0 aliphatic heterocycles. The molecule has 0 aliphatic rings. The minimum absolute atomic E-state index is 0.0189. The number of nitro benzene ring substituents is 1. The molecule has 0 radical (unpaired) electrons. The molecule has 6 nitrogen and oxygen atoms in total. The highest BCUT2D eigenvalue weighted by atomic mass is 16.6. The van der Waals surface area contributed by atoms with Crippen LogP contribution in [-0.4, -0.2) is 24.6 Å². The number of nitrogens with zero attached hydrogens (tertiary/aromatic N) is 1. The smallest absolute Gasteiger partial charge is 0.343 e. The molecule has 1 aromatic carbocycles. The van der Waals surface area contributed by atoms with Crippen molar-refractivity contribution in [3.63, 3.8) is 0 Å². The Balaban J connectivity index is 2.74. The molecule has 1 aromatic rings. The predicted molar refractivity (Wildman–Crippen MR) is 55.3 cm³/mol. The van der Waals surface area contributed by atoms with Gasteiger partial charge in [-0.2, -0.15) is 0 Å². The van der Waals surface area contributed by atoms with E-state index in [1.165, 1.54) is 25.3 Å². The van der Waals surface area contributed by atoms with Crippen LogP contribution >= 0.6 is 0 Å². The highest BCUT2D eigenvalue weighted by molar-refractivity contribution is 5.70. The number of benzene rings is 1. The lowest BCUT2D eigenvalue weighted by atomic mass is 10.2. The van der Waals surface area contributed by atoms with Crippen molar-refractivity contribution in [1.29, 1.82) is 0 Å². The van der Waals surface area contributed by atoms with Gasteiger partial charge in [0, 0.05) is 11.6 Å². The number of hydrogen-bond acceptors (Lipinski definition) is 5. The lowest BCUT2D eigenvalue weighted by molar-refractivity contribution is -0.385. The topological polar surface area (TPSA) is 78.7 Å². The minimum atomic E-state index is -0.504. The van der Waals surface area contributed by atoms with Crippen molar-refractivity contribution < 1.29 is 19.2 Å². The number of carbonyl (C=O) groups is 1. The molecule has 0 unspecified atom stereocenters. The summed E-state index contributed by atoms with van der Waals surface area (Å²) in [6.07, 6.45) is 0. The molecular weight excluding hydrogens is 214 g/mol. The van der Waals surface area contributed by atoms with Gasteiger partial charge >= 0.3 is 5.97 Å². The van der Waals surface area contributed by atoms with Gasteiger partial charge in [-0.05, 0) is 19.1 Å². The van der Waals surface area contributed by atoms with Crippen LogP contribution in [0.4, 0.5) is 5.69 Å². The molecule has 0 atom stereocenters. The van der Waals surface area contributed by atoms with Crippen LogP contribution in [0.15, 0.2) is 18.2 Å². The van der Waals surface area contributed by atoms with E-state index in [2.05, 4.69) is 4.74 Å². The van der Waals surface area contributed by atoms with Gasteiger partial charge in [-0.3, -0.25) is 10.1 Å². The standard InChI is InChI=1S/C10H11NO5/c1-7-5-8(16-6-10(12)15-2)3-4-9(7)11(13)14/h3-5H,6H2,1-2H3. The number of hydrogen-bond donors (Lipinski definition) is 0. The van der Waals surface area contributed by atoms with Crippen LogP contribution in [0.5, 0.6) is 5.75 Å². The van der Waals surface area contributed by atoms with Crippen LogP contribution < -0.4 is 4.74 Å². The first-order chi connectivity index (χ1) is 7.54. The lowest BCUT2D eigenvalue weighted by Crippen LogP contribution is -2.12. The summed E-state index contributed by atoms with van der Waals surface area (Å²) in [6.45, 7) is 1.39. The van der Waals surface area contributed by atoms with E-state index in [1.54, 1.807) is 6.92 Å². The number of methoxy groups -OCH3 is 1. The Labute approximate surface area is 91.9 Å². The molecule has 0 spiro atoms. The summed E-state index contributed by atoms with van der Waals surface area (Å²) in [5.74, 6) is -0.107. The summed E-state index contributed by atoms with van der Waals surface area (Å²) < 4.78 is 9.47. The quantitative estimate of drug-likeness (QED) is 0.440. The second-order valence-corrected chi connectivity index (χ2v) is 3.07. The van der Waals surface area contributed by atoms with Crippen molar-refractivity contribution in [3.05, 3.63) is 33.9 Å². The summed E-state index contributed by atoms with van der Waals surface area (Å²) in [6, 6.07) is 4.27. The van der Waals surface area contributed by atoms with Crippen LogP contribution in [-0.2, 0) is 9.53 Å². The number of ether oxygens (including phenoxy) is 2. The fourth-order valence-electron chi connectivity index (χ4n) is 1.12. The molecule has 0 amide bonds. The fourth-order valence-corrected chi connectivity index (χ4v) is 1.12. The zero-order valence-electron chi connectivity index (χ0n) is 8.93. The van der Waals surface area contributed by atoms with Crippen molar-refractivity contribution in [1.82, 2.24) is 0 Å². The minimum Gasteiger partial charge on any atom is -0.482 e. The van der Waals surface area contributed by atoms with Crippen molar-refractivity contribution >= 4 is 11.7 Å². The molecule has 1 rings (SSSR count). The van der Waals surface area contributed by atoms with E-state index in [-0.39, 0.29) is 12.3 Å². The van der Waals surface area contributed by atoms with Crippen molar-refractivity contribution in [2.45, 2.75) is 6.92 Å². The first kappa shape index (κ1) is 12.0. The Morgan fingerprint density at radius 2 is 2.19 bits per heavy atom. The van der Waals surface area contributed by atoms with Crippen LogP contribution in [0, 0.1) is 17.0 Å². The Hall–Kier alpha value is -2.11. The van der Waals surface area contributed by atoms with Crippen LogP contribution in [0.2, 0.25) is 0 Å². The van der Waals surface area contributed by atoms with E-state index in [0.29, 0.717) is 11.3 Å². The molecular formula is C10H11NO5. The van der Waals surface area contributed by atoms with E-state index in [9.17, 15) is 14.9 Å². The Kier molecular flexibility index (Phi) is 3.82. The number of rotatable bonds is 4. The van der Waals surface area contributed by atoms with Crippen molar-refractivity contribution in [2.24, 2.45) is 0 Å². The van der Waals surface area contributed by atoms with Gasteiger partial charge in [0.2, 0.25) is 0 Å². The molecule has 0 N–H and O–H groups in total. The maximum absolute atomic E-state index is 10.8. The first-order valence-corrected chi connectivity index (χ1v) is 4.49. The van der Waals surface area contributed by atoms with E-state index >= 15 is 0 Å². The second kappa shape index (κ2) is 5.11. The Bertz CT molecular complexity index is 416. The third kappa shape index (κ3) is 2.94. The van der Waals surface area contributed by atoms with E-state index in [4.69, 9.17) is 4.74 Å². The summed E-state index contributed by atoms with van der Waals surface area (Å²) in [4.78, 5) is 20.9. The lowest BCUT2D eigenvalue weighted by Gasteiger charge is -2.05. The molecule has 16 heavy (non-hydrogen) atoms. The Morgan fingerprint density at radius 3 is 2.69 bits per heavy atom. The highest BCUT2D eigenvalue weighted by Gasteiger charge is 2.11. The summed E-state index contributed by atoms with van der Waals surface area (Å²) in [5.41, 5.74) is 0.498. The average molecular weight is 225 g/mol. The van der Waals surface area contributed by atoms with Gasteiger partial charge in [0.25, 0.3) is 5.69 Å². The van der Waals surface area contributed by atoms with Crippen LogP contribution in [0.1, 0.15) is 5.56 Å². The van der Waals surface area contributed by atoms with Gasteiger partial charge in [0.05, 0.1) is 12.0 Å². The number of aryl methyl sites for hydroxylation is 1. The van der Waals surface area contributed by atoms with Gasteiger partial charge in [-0.25, -0.2) is 4.79 Å². The van der Waals surface area contributed by atoms with E-state index in [0.717, 1.165) is 0 Å². The molecule has 86 valence electrons. The fraction of sp³-hybridized carbons (Fsp3) is 0.300. The third-order valence-electron chi connectivity index (χ3n) is 1.95. The number of esters is 1. The first-order valence-electron chi connectivity index (χ1n) is 4.49. The molecule has 0 saturated heterocycles. The largest absolute Gasteiger partial charge is 0.482 e. The SMILES string of the molecule is COC(=O)COc1ccc([N+](=O)[O-])c(C)c1. The monoisotopic (exact) mass is 225 g/mol. The number of carbonyl (C=O) groups excluding carboxylic acids is 1. The van der Waals surface area contributed by atoms with Crippen molar-refractivity contribution in [2.75, 3.05) is 13.7 Å². The van der Waals surface area contributed by atoms with E-state index < -0.39 is 10.9 Å². The average Bonchev–Trinajstić information content (AvgIpc) is 2.25. The van der Waals surface area contributed by atoms with Gasteiger partial charge < -0.3 is 9.47 Å². The molecule has 0 aliphatic carbocycles. The molecule has 0 bridgehead atoms. The predicted octanol–water partition coefficient (Wildman–Crippen LogP) is 1.46. The molecule has 0 saturated carbocycles. The van der Waals surface area contributed by atoms with E-state index in [1.807, 2.05) is 0 Å². The summed E-state index contributed by atoms with van der Waals surface area (Å²) >= 11 is 0. The molecule has 0 aromatic heterocycles. The summed E-state index contributed by atoms with van der Waals surface area (Å²) in [7, 11) is 1.26. The molecule has 6 heteroatoms. The zero-order chi connectivity index (χ0) is 12.1. The molecule has 0 heterocycles. The molecule has 0 fully saturated rings. The van der Waals surface area contributed by atoms with Crippen molar-refractivity contribution in [3.8, 4) is 5.75 Å². The van der Waals surface area contributed by atoms with Gasteiger partial charge in [-0.15, -0.1) is 0 Å². The highest BCUT2D eigenvalue weighted by Crippen LogP contribution is 2.22. The van der Waals surface area contributed by atoms with Crippen LogP contribution in [0.3, 0.4) is 0 Å². The normalized spacial score (nSPS) is 9.62. The second-order valence-electron chi connectivity index (χ2n) is 3.07. The maximum atomic E-state index is 10.8. The number of nitro groups is 1. The van der Waals surface area contributed by atoms with Crippen LogP contribution in [0.25, 0.3) is 0 Å². The van der Waals surface area contributed by atoms with Gasteiger partial charge in [-0.1, -0.05) is 0 Å². The third-order valence-corrected chi connectivity index (χ3v) is 1.95. The maximum Gasteiger partial charge on any atom is 0.343 e. The Morgan fingerprint density at radius 1 is 1.50 bits per heavy atom. The summed E-state index contributed by atoms with van der Waals surface area (Å²) in [5, 5.41) is 10.5. The zero-order valence-corrected chi connectivity index (χ0v) is 8.93. The van der Waals surface area contributed by atoms with Gasteiger partial charge in [0.15, 0.2) is 6.61 Å².